The second kappa shape index (κ2) is 5.50. The van der Waals surface area contributed by atoms with Crippen molar-refractivity contribution in [2.75, 3.05) is 18.4 Å². The van der Waals surface area contributed by atoms with E-state index in [0.29, 0.717) is 11.7 Å². The Bertz CT molecular complexity index is 544. The molecule has 3 heterocycles. The van der Waals surface area contributed by atoms with Crippen molar-refractivity contribution in [1.82, 2.24) is 20.3 Å². The minimum atomic E-state index is -0.210. The van der Waals surface area contributed by atoms with E-state index < -0.39 is 0 Å². The van der Waals surface area contributed by atoms with Gasteiger partial charge in [0.2, 0.25) is 0 Å². The summed E-state index contributed by atoms with van der Waals surface area (Å²) >= 11 is 1.54. The number of nitrogens with one attached hydrogen (secondary N) is 2. The smallest absolute Gasteiger partial charge is 0.277 e. The molecule has 7 heteroatoms. The van der Waals surface area contributed by atoms with Crippen molar-refractivity contribution in [3.8, 4) is 0 Å². The second-order valence-electron chi connectivity index (χ2n) is 4.53. The van der Waals surface area contributed by atoms with E-state index >= 15 is 0 Å². The number of hydrogen-bond acceptors (Lipinski definition) is 5. The summed E-state index contributed by atoms with van der Waals surface area (Å²) in [6, 6.07) is 2.20. The third-order valence-corrected chi connectivity index (χ3v) is 3.89. The molecule has 1 amide bonds. The predicted molar refractivity (Wildman–Crippen MR) is 73.4 cm³/mol. The first-order chi connectivity index (χ1) is 9.33. The monoisotopic (exact) mass is 277 g/mol. The van der Waals surface area contributed by atoms with Crippen LogP contribution >= 0.6 is 11.3 Å². The highest BCUT2D eigenvalue weighted by atomic mass is 32.1. The van der Waals surface area contributed by atoms with Gasteiger partial charge in [0.1, 0.15) is 0 Å². The number of carbonyl (C=O) groups excluding carboxylic acids is 1. The minimum Gasteiger partial charge on any atom is -0.320 e. The zero-order chi connectivity index (χ0) is 13.1. The summed E-state index contributed by atoms with van der Waals surface area (Å²) in [5.41, 5.74) is 1.16. The summed E-state index contributed by atoms with van der Waals surface area (Å²) in [5, 5.41) is 17.9. The number of amides is 1. The average molecular weight is 277 g/mol. The van der Waals surface area contributed by atoms with Crippen LogP contribution < -0.4 is 10.6 Å². The van der Waals surface area contributed by atoms with Gasteiger partial charge in [-0.25, -0.2) is 4.68 Å². The molecule has 0 aliphatic carbocycles. The van der Waals surface area contributed by atoms with Crippen LogP contribution in [0.1, 0.15) is 29.4 Å². The molecule has 0 radical (unpaired) electrons. The van der Waals surface area contributed by atoms with E-state index in [2.05, 4.69) is 20.9 Å². The third kappa shape index (κ3) is 2.82. The molecule has 0 bridgehead atoms. The van der Waals surface area contributed by atoms with Crippen LogP contribution in [-0.2, 0) is 0 Å². The number of hydrogen-bond donors (Lipinski definition) is 2. The Morgan fingerprint density at radius 2 is 2.32 bits per heavy atom. The number of thiophene rings is 1. The van der Waals surface area contributed by atoms with Gasteiger partial charge >= 0.3 is 0 Å². The summed E-state index contributed by atoms with van der Waals surface area (Å²) in [5.74, 6) is -0.210. The molecular formula is C12H15N5OS. The van der Waals surface area contributed by atoms with Crippen LogP contribution in [0.4, 0.5) is 5.69 Å². The van der Waals surface area contributed by atoms with Crippen molar-refractivity contribution in [2.45, 2.75) is 18.9 Å². The van der Waals surface area contributed by atoms with Gasteiger partial charge in [0, 0.05) is 5.38 Å². The van der Waals surface area contributed by atoms with Crippen molar-refractivity contribution in [1.29, 1.82) is 0 Å². The highest BCUT2D eigenvalue weighted by Crippen LogP contribution is 2.18. The molecule has 0 spiro atoms. The largest absolute Gasteiger partial charge is 0.320 e. The van der Waals surface area contributed by atoms with Crippen LogP contribution in [0, 0.1) is 0 Å². The molecule has 1 fully saturated rings. The number of anilines is 1. The van der Waals surface area contributed by atoms with E-state index in [1.807, 2.05) is 21.5 Å². The predicted octanol–water partition coefficient (Wildman–Crippen LogP) is 1.52. The lowest BCUT2D eigenvalue weighted by Gasteiger charge is -2.22. The third-order valence-electron chi connectivity index (χ3n) is 3.20. The Balaban J connectivity index is 1.68. The van der Waals surface area contributed by atoms with Gasteiger partial charge in [0.05, 0.1) is 17.9 Å². The second-order valence-corrected chi connectivity index (χ2v) is 5.31. The van der Waals surface area contributed by atoms with Crippen molar-refractivity contribution >= 4 is 22.9 Å². The van der Waals surface area contributed by atoms with Gasteiger partial charge < -0.3 is 10.6 Å². The lowest BCUT2D eigenvalue weighted by atomic mass is 10.1. The molecule has 0 aromatic carbocycles. The molecule has 2 N–H and O–H groups in total. The van der Waals surface area contributed by atoms with Gasteiger partial charge in [0.25, 0.3) is 5.91 Å². The summed E-state index contributed by atoms with van der Waals surface area (Å²) in [7, 11) is 0. The van der Waals surface area contributed by atoms with Crippen LogP contribution in [0.3, 0.4) is 0 Å². The fourth-order valence-corrected chi connectivity index (χ4v) is 2.75. The number of piperidine rings is 1. The first kappa shape index (κ1) is 12.3. The molecule has 6 nitrogen and oxygen atoms in total. The summed E-state index contributed by atoms with van der Waals surface area (Å²) in [6.45, 7) is 1.97. The maximum absolute atomic E-state index is 12.0. The Kier molecular flexibility index (Phi) is 3.56. The van der Waals surface area contributed by atoms with E-state index in [0.717, 1.165) is 31.6 Å². The van der Waals surface area contributed by atoms with Gasteiger partial charge in [-0.05, 0) is 37.4 Å². The van der Waals surface area contributed by atoms with Crippen LogP contribution in [-0.4, -0.2) is 34.0 Å². The molecule has 0 atom stereocenters. The molecule has 0 unspecified atom stereocenters. The lowest BCUT2D eigenvalue weighted by Crippen LogP contribution is -2.29. The maximum atomic E-state index is 12.0. The molecule has 3 rings (SSSR count). The molecule has 0 saturated carbocycles. The zero-order valence-electron chi connectivity index (χ0n) is 10.4. The maximum Gasteiger partial charge on any atom is 0.277 e. The molecule has 1 aliphatic rings. The summed E-state index contributed by atoms with van der Waals surface area (Å²) < 4.78 is 1.81. The van der Waals surface area contributed by atoms with Crippen molar-refractivity contribution in [2.24, 2.45) is 0 Å². The van der Waals surface area contributed by atoms with E-state index in [4.69, 9.17) is 0 Å². The van der Waals surface area contributed by atoms with Gasteiger partial charge in [-0.1, -0.05) is 5.21 Å². The fraction of sp³-hybridized carbons (Fsp3) is 0.417. The Morgan fingerprint density at radius 3 is 3.05 bits per heavy atom. The standard InChI is InChI=1S/C12H15N5OS/c18-12(14-9-3-6-19-8-9)11-7-17(16-15-11)10-1-4-13-5-2-10/h3,6-8,10,13H,1-2,4-5H2,(H,14,18). The molecule has 2 aromatic rings. The Morgan fingerprint density at radius 1 is 1.47 bits per heavy atom. The number of rotatable bonds is 3. The highest BCUT2D eigenvalue weighted by Gasteiger charge is 2.18. The molecular weight excluding hydrogens is 262 g/mol. The molecule has 1 aliphatic heterocycles. The van der Waals surface area contributed by atoms with Crippen molar-refractivity contribution in [3.05, 3.63) is 28.7 Å². The van der Waals surface area contributed by atoms with Crippen LogP contribution in [0.5, 0.6) is 0 Å². The van der Waals surface area contributed by atoms with Crippen molar-refractivity contribution < 1.29 is 4.79 Å². The average Bonchev–Trinajstić information content (AvgIpc) is 3.10. The molecule has 19 heavy (non-hydrogen) atoms. The number of nitrogens with zero attached hydrogens (tertiary/aromatic N) is 3. The fourth-order valence-electron chi connectivity index (χ4n) is 2.16. The van der Waals surface area contributed by atoms with E-state index in [1.54, 1.807) is 17.5 Å². The van der Waals surface area contributed by atoms with Crippen LogP contribution in [0.25, 0.3) is 0 Å². The first-order valence-corrected chi connectivity index (χ1v) is 7.23. The summed E-state index contributed by atoms with van der Waals surface area (Å²) in [4.78, 5) is 12.0. The van der Waals surface area contributed by atoms with Gasteiger partial charge in [-0.15, -0.1) is 5.10 Å². The van der Waals surface area contributed by atoms with Gasteiger partial charge in [-0.2, -0.15) is 11.3 Å². The quantitative estimate of drug-likeness (QED) is 0.892. The number of aromatic nitrogens is 3. The molecule has 100 valence electrons. The normalized spacial score (nSPS) is 16.4. The van der Waals surface area contributed by atoms with E-state index in [-0.39, 0.29) is 5.91 Å². The van der Waals surface area contributed by atoms with E-state index in [9.17, 15) is 4.79 Å². The SMILES string of the molecule is O=C(Nc1ccsc1)c1cn(C2CCNCC2)nn1. The topological polar surface area (TPSA) is 71.8 Å². The van der Waals surface area contributed by atoms with Crippen LogP contribution in [0.15, 0.2) is 23.0 Å². The van der Waals surface area contributed by atoms with Gasteiger partial charge in [-0.3, -0.25) is 4.79 Å². The highest BCUT2D eigenvalue weighted by molar-refractivity contribution is 7.08. The number of carbonyl (C=O) groups is 1. The molecule has 1 saturated heterocycles. The minimum absolute atomic E-state index is 0.210. The Hall–Kier alpha value is -1.73. The van der Waals surface area contributed by atoms with Crippen LogP contribution in [0.2, 0.25) is 0 Å². The zero-order valence-corrected chi connectivity index (χ0v) is 11.2. The summed E-state index contributed by atoms with van der Waals surface area (Å²) in [6.07, 6.45) is 3.78. The molecule has 2 aromatic heterocycles. The first-order valence-electron chi connectivity index (χ1n) is 6.29. The van der Waals surface area contributed by atoms with E-state index in [1.165, 1.54) is 0 Å². The lowest BCUT2D eigenvalue weighted by molar-refractivity contribution is 0.102. The Labute approximate surface area is 114 Å². The van der Waals surface area contributed by atoms with Crippen molar-refractivity contribution in [3.63, 3.8) is 0 Å². The van der Waals surface area contributed by atoms with Gasteiger partial charge in [0.15, 0.2) is 5.69 Å².